The van der Waals surface area contributed by atoms with E-state index in [-0.39, 0.29) is 0 Å². The average Bonchev–Trinajstić information content (AvgIpc) is 2.38. The van der Waals surface area contributed by atoms with Crippen molar-refractivity contribution >= 4 is 34.2 Å². The summed E-state index contributed by atoms with van der Waals surface area (Å²) in [7, 11) is 0. The number of nitrogens with zero attached hydrogens (tertiary/aromatic N) is 2. The highest BCUT2D eigenvalue weighted by Gasteiger charge is 2.11. The van der Waals surface area contributed by atoms with Crippen molar-refractivity contribution in [3.05, 3.63) is 44.4 Å². The van der Waals surface area contributed by atoms with Crippen molar-refractivity contribution in [2.75, 3.05) is 0 Å². The van der Waals surface area contributed by atoms with Crippen molar-refractivity contribution in [1.29, 1.82) is 0 Å². The number of hydrogen-bond donors (Lipinski definition) is 0. The molecule has 0 radical (unpaired) electrons. The molecule has 3 nitrogen and oxygen atoms in total. The van der Waals surface area contributed by atoms with Crippen LogP contribution >= 0.6 is 34.2 Å². The number of aromatic nitrogens is 2. The minimum atomic E-state index is 0.457. The van der Waals surface area contributed by atoms with Gasteiger partial charge in [-0.05, 0) is 60.2 Å². The third-order valence-corrected chi connectivity index (χ3v) is 3.68. The molecular formula is C14H14ClIN2O. The molecule has 100 valence electrons. The molecule has 0 spiro atoms. The molecule has 0 unspecified atom stereocenters. The molecule has 0 fully saturated rings. The molecule has 1 aromatic carbocycles. The van der Waals surface area contributed by atoms with E-state index in [0.29, 0.717) is 11.0 Å². The van der Waals surface area contributed by atoms with Crippen LogP contribution in [0.4, 0.5) is 0 Å². The van der Waals surface area contributed by atoms with E-state index >= 15 is 0 Å². The fourth-order valence-electron chi connectivity index (χ4n) is 1.56. The van der Waals surface area contributed by atoms with Crippen LogP contribution < -0.4 is 4.74 Å². The minimum Gasteiger partial charge on any atom is -0.439 e. The molecule has 0 aliphatic rings. The van der Waals surface area contributed by atoms with Gasteiger partial charge in [0, 0.05) is 15.6 Å². The number of aryl methyl sites for hydroxylation is 1. The van der Waals surface area contributed by atoms with Gasteiger partial charge in [-0.15, -0.1) is 0 Å². The van der Waals surface area contributed by atoms with E-state index in [1.807, 2.05) is 31.2 Å². The first-order chi connectivity index (χ1) is 9.10. The van der Waals surface area contributed by atoms with E-state index in [2.05, 4.69) is 39.5 Å². The molecule has 0 aliphatic carbocycles. The SMILES string of the molecule is CCCc1nc(Cl)c(C)c(Oc2ccc(I)cc2)n1. The van der Waals surface area contributed by atoms with Crippen LogP contribution in [-0.4, -0.2) is 9.97 Å². The third-order valence-electron chi connectivity index (χ3n) is 2.59. The summed E-state index contributed by atoms with van der Waals surface area (Å²) in [6.07, 6.45) is 1.77. The highest BCUT2D eigenvalue weighted by atomic mass is 127. The topological polar surface area (TPSA) is 35.0 Å². The normalized spacial score (nSPS) is 10.5. The fourth-order valence-corrected chi connectivity index (χ4v) is 2.10. The first-order valence-corrected chi connectivity index (χ1v) is 7.52. The van der Waals surface area contributed by atoms with Gasteiger partial charge in [-0.3, -0.25) is 0 Å². The Balaban J connectivity index is 2.30. The molecule has 0 saturated heterocycles. The molecule has 0 saturated carbocycles. The second-order valence-electron chi connectivity index (χ2n) is 4.17. The lowest BCUT2D eigenvalue weighted by Crippen LogP contribution is -2.01. The van der Waals surface area contributed by atoms with Gasteiger partial charge in [-0.25, -0.2) is 4.98 Å². The Hall–Kier alpha value is -0.880. The zero-order chi connectivity index (χ0) is 13.8. The van der Waals surface area contributed by atoms with Crippen LogP contribution in [0.15, 0.2) is 24.3 Å². The van der Waals surface area contributed by atoms with Crippen LogP contribution in [0.25, 0.3) is 0 Å². The van der Waals surface area contributed by atoms with E-state index in [1.54, 1.807) is 0 Å². The van der Waals surface area contributed by atoms with Crippen LogP contribution in [0.1, 0.15) is 24.7 Å². The van der Waals surface area contributed by atoms with Gasteiger partial charge >= 0.3 is 0 Å². The van der Waals surface area contributed by atoms with Crippen molar-refractivity contribution in [3.8, 4) is 11.6 Å². The molecule has 0 bridgehead atoms. The smallest absolute Gasteiger partial charge is 0.226 e. The summed E-state index contributed by atoms with van der Waals surface area (Å²) in [6.45, 7) is 3.94. The van der Waals surface area contributed by atoms with Crippen LogP contribution in [0.2, 0.25) is 5.15 Å². The predicted molar refractivity (Wildman–Crippen MR) is 85.0 cm³/mol. The van der Waals surface area contributed by atoms with Crippen LogP contribution in [0.3, 0.4) is 0 Å². The van der Waals surface area contributed by atoms with E-state index in [1.165, 1.54) is 0 Å². The lowest BCUT2D eigenvalue weighted by Gasteiger charge is -2.10. The second-order valence-corrected chi connectivity index (χ2v) is 5.77. The Bertz CT molecular complexity index is 572. The summed E-state index contributed by atoms with van der Waals surface area (Å²) >= 11 is 8.37. The van der Waals surface area contributed by atoms with E-state index in [4.69, 9.17) is 16.3 Å². The third kappa shape index (κ3) is 3.79. The van der Waals surface area contributed by atoms with Crippen molar-refractivity contribution in [2.24, 2.45) is 0 Å². The van der Waals surface area contributed by atoms with Gasteiger partial charge in [0.05, 0.1) is 0 Å². The lowest BCUT2D eigenvalue weighted by atomic mass is 10.3. The van der Waals surface area contributed by atoms with E-state index in [0.717, 1.165) is 33.5 Å². The van der Waals surface area contributed by atoms with Gasteiger partial charge in [-0.1, -0.05) is 18.5 Å². The summed E-state index contributed by atoms with van der Waals surface area (Å²) in [6, 6.07) is 7.80. The van der Waals surface area contributed by atoms with Gasteiger partial charge in [-0.2, -0.15) is 4.98 Å². The Kier molecular flexibility index (Phi) is 4.99. The van der Waals surface area contributed by atoms with Gasteiger partial charge < -0.3 is 4.74 Å². The lowest BCUT2D eigenvalue weighted by molar-refractivity contribution is 0.454. The first-order valence-electron chi connectivity index (χ1n) is 6.06. The summed E-state index contributed by atoms with van der Waals surface area (Å²) in [5, 5.41) is 0.457. The Morgan fingerprint density at radius 2 is 1.89 bits per heavy atom. The number of ether oxygens (including phenoxy) is 1. The second kappa shape index (κ2) is 6.52. The number of hydrogen-bond acceptors (Lipinski definition) is 3. The van der Waals surface area contributed by atoms with Gasteiger partial charge in [0.1, 0.15) is 16.7 Å². The maximum absolute atomic E-state index is 6.11. The zero-order valence-electron chi connectivity index (χ0n) is 10.8. The van der Waals surface area contributed by atoms with Crippen molar-refractivity contribution in [1.82, 2.24) is 9.97 Å². The predicted octanol–water partition coefficient (Wildman–Crippen LogP) is 4.79. The first kappa shape index (κ1) is 14.5. The maximum Gasteiger partial charge on any atom is 0.226 e. The van der Waals surface area contributed by atoms with Crippen LogP contribution in [0.5, 0.6) is 11.6 Å². The molecule has 0 aliphatic heterocycles. The number of halogens is 2. The molecule has 0 amide bonds. The molecule has 19 heavy (non-hydrogen) atoms. The molecule has 1 aromatic heterocycles. The van der Waals surface area contributed by atoms with Crippen molar-refractivity contribution in [2.45, 2.75) is 26.7 Å². The molecule has 1 heterocycles. The van der Waals surface area contributed by atoms with Crippen molar-refractivity contribution < 1.29 is 4.74 Å². The zero-order valence-corrected chi connectivity index (χ0v) is 13.7. The van der Waals surface area contributed by atoms with E-state index < -0.39 is 0 Å². The average molecular weight is 389 g/mol. The summed E-state index contributed by atoms with van der Waals surface area (Å²) in [5.74, 6) is 2.00. The summed E-state index contributed by atoms with van der Waals surface area (Å²) in [4.78, 5) is 8.67. The monoisotopic (exact) mass is 388 g/mol. The van der Waals surface area contributed by atoms with Crippen LogP contribution in [0, 0.1) is 10.5 Å². The van der Waals surface area contributed by atoms with Gasteiger partial charge in [0.2, 0.25) is 5.88 Å². The van der Waals surface area contributed by atoms with Crippen molar-refractivity contribution in [3.63, 3.8) is 0 Å². The Morgan fingerprint density at radius 1 is 1.21 bits per heavy atom. The molecule has 5 heteroatoms. The van der Waals surface area contributed by atoms with Gasteiger partial charge in [0.15, 0.2) is 0 Å². The van der Waals surface area contributed by atoms with Gasteiger partial charge in [0.25, 0.3) is 0 Å². The molecule has 2 aromatic rings. The molecule has 0 atom stereocenters. The fraction of sp³-hybridized carbons (Fsp3) is 0.286. The number of benzene rings is 1. The standard InChI is InChI=1S/C14H14ClIN2O/c1-3-4-12-17-13(15)9(2)14(18-12)19-11-7-5-10(16)6-8-11/h5-8H,3-4H2,1-2H3. The molecular weight excluding hydrogens is 375 g/mol. The largest absolute Gasteiger partial charge is 0.439 e. The number of rotatable bonds is 4. The molecule has 0 N–H and O–H groups in total. The minimum absolute atomic E-state index is 0.457. The summed E-state index contributed by atoms with van der Waals surface area (Å²) in [5.41, 5.74) is 0.764. The van der Waals surface area contributed by atoms with Crippen LogP contribution in [-0.2, 0) is 6.42 Å². The Morgan fingerprint density at radius 3 is 2.53 bits per heavy atom. The Labute approximate surface area is 131 Å². The highest BCUT2D eigenvalue weighted by molar-refractivity contribution is 14.1. The quantitative estimate of drug-likeness (QED) is 0.558. The maximum atomic E-state index is 6.11. The van der Waals surface area contributed by atoms with E-state index in [9.17, 15) is 0 Å². The highest BCUT2D eigenvalue weighted by Crippen LogP contribution is 2.27. The molecule has 2 rings (SSSR count). The summed E-state index contributed by atoms with van der Waals surface area (Å²) < 4.78 is 6.95.